The second-order valence-electron chi connectivity index (χ2n) is 9.43. The number of fused-ring (bicyclic) bond motifs is 4. The van der Waals surface area contributed by atoms with Crippen LogP contribution in [0.2, 0.25) is 0 Å². The molecule has 2 saturated heterocycles. The molecular formula is C24H26F3N7O4. The molecule has 38 heavy (non-hydrogen) atoms. The van der Waals surface area contributed by atoms with Crippen molar-refractivity contribution in [2.75, 3.05) is 41.4 Å². The number of amides is 4. The number of ether oxygens (including phenoxy) is 1. The molecule has 3 aliphatic rings. The molecule has 2 aromatic heterocycles. The molecule has 14 heteroatoms. The largest absolute Gasteiger partial charge is 0.408 e. The van der Waals surface area contributed by atoms with E-state index in [1.54, 1.807) is 6.07 Å². The van der Waals surface area contributed by atoms with E-state index in [1.165, 1.54) is 29.3 Å². The van der Waals surface area contributed by atoms with E-state index in [2.05, 4.69) is 20.6 Å². The fourth-order valence-electron chi connectivity index (χ4n) is 4.68. The number of nitrogens with zero attached hydrogens (tertiary/aromatic N) is 4. The minimum Gasteiger partial charge on any atom is -0.379 e. The van der Waals surface area contributed by atoms with Gasteiger partial charge in [-0.05, 0) is 44.0 Å². The minimum atomic E-state index is -4.61. The van der Waals surface area contributed by atoms with E-state index < -0.39 is 24.2 Å². The maximum atomic E-state index is 13.4. The number of hydrogen-bond donors (Lipinski definition) is 3. The molecule has 2 fully saturated rings. The van der Waals surface area contributed by atoms with Gasteiger partial charge in [0.05, 0.1) is 24.4 Å². The van der Waals surface area contributed by atoms with Crippen LogP contribution < -0.4 is 25.8 Å². The van der Waals surface area contributed by atoms with Crippen LogP contribution in [0.5, 0.6) is 0 Å². The fraction of sp³-hybridized carbons (Fsp3) is 0.458. The van der Waals surface area contributed by atoms with E-state index >= 15 is 0 Å². The molecule has 2 unspecified atom stereocenters. The van der Waals surface area contributed by atoms with Crippen LogP contribution in [0.3, 0.4) is 0 Å². The first-order valence-electron chi connectivity index (χ1n) is 12.2. The summed E-state index contributed by atoms with van der Waals surface area (Å²) in [7, 11) is 0. The Balaban J connectivity index is 1.35. The third-order valence-corrected chi connectivity index (χ3v) is 6.76. The summed E-state index contributed by atoms with van der Waals surface area (Å²) in [5, 5.41) is 7.46. The Bertz CT molecular complexity index is 1250. The summed E-state index contributed by atoms with van der Waals surface area (Å²) in [6.07, 6.45) is -1.85. The van der Waals surface area contributed by atoms with E-state index in [-0.39, 0.29) is 35.3 Å². The molecule has 5 heterocycles. The zero-order valence-electron chi connectivity index (χ0n) is 20.4. The van der Waals surface area contributed by atoms with Crippen molar-refractivity contribution in [1.29, 1.82) is 0 Å². The predicted molar refractivity (Wildman–Crippen MR) is 130 cm³/mol. The Morgan fingerprint density at radius 2 is 1.97 bits per heavy atom. The van der Waals surface area contributed by atoms with E-state index in [1.807, 2.05) is 10.2 Å². The Hall–Kier alpha value is -3.94. The SMILES string of the molecule is CC(NC(=O)c1ccc2c(n1)N(C(=O)Nc1cc(C(=O)NC3CCOC3)ccn1)[C@H]1CCN2C1)C(F)(F)F. The highest BCUT2D eigenvalue weighted by Gasteiger charge is 2.41. The monoisotopic (exact) mass is 533 g/mol. The molecule has 0 radical (unpaired) electrons. The Kier molecular flexibility index (Phi) is 6.82. The Morgan fingerprint density at radius 3 is 2.71 bits per heavy atom. The van der Waals surface area contributed by atoms with Crippen LogP contribution in [0, 0.1) is 0 Å². The Labute approximate surface area is 215 Å². The summed E-state index contributed by atoms with van der Waals surface area (Å²) in [5.74, 6) is -1.02. The second-order valence-corrected chi connectivity index (χ2v) is 9.43. The molecule has 0 aliphatic carbocycles. The van der Waals surface area contributed by atoms with Crippen molar-refractivity contribution in [2.45, 2.75) is 44.1 Å². The quantitative estimate of drug-likeness (QED) is 0.538. The van der Waals surface area contributed by atoms with Gasteiger partial charge in [0.1, 0.15) is 17.6 Å². The lowest BCUT2D eigenvalue weighted by Crippen LogP contribution is -2.49. The van der Waals surface area contributed by atoms with Gasteiger partial charge in [-0.2, -0.15) is 13.2 Å². The molecule has 202 valence electrons. The van der Waals surface area contributed by atoms with Crippen molar-refractivity contribution in [1.82, 2.24) is 20.6 Å². The number of rotatable bonds is 5. The maximum absolute atomic E-state index is 13.4. The van der Waals surface area contributed by atoms with Crippen LogP contribution in [-0.2, 0) is 4.74 Å². The zero-order chi connectivity index (χ0) is 27.0. The predicted octanol–water partition coefficient (Wildman–Crippen LogP) is 2.31. The van der Waals surface area contributed by atoms with Gasteiger partial charge in [-0.3, -0.25) is 19.8 Å². The zero-order valence-corrected chi connectivity index (χ0v) is 20.4. The number of urea groups is 1. The molecule has 0 aromatic carbocycles. The molecule has 3 atom stereocenters. The van der Waals surface area contributed by atoms with E-state index in [9.17, 15) is 27.6 Å². The summed E-state index contributed by atoms with van der Waals surface area (Å²) >= 11 is 0. The standard InChI is InChI=1S/C24H26F3N7O4/c1-13(24(25,26)27)29-22(36)17-2-3-18-20(31-17)34(16-5-8-33(18)11-16)23(37)32-19-10-14(4-7-28-19)21(35)30-15-6-9-38-12-15/h2-4,7,10,13,15-16H,5-6,8-9,11-12H2,1H3,(H,29,36)(H,30,35)(H,28,32,37)/t13?,15?,16-/m0/s1. The number of anilines is 3. The van der Waals surface area contributed by atoms with Crippen LogP contribution in [-0.4, -0.2) is 78.4 Å². The fourth-order valence-corrected chi connectivity index (χ4v) is 4.68. The van der Waals surface area contributed by atoms with Crippen LogP contribution in [0.4, 0.5) is 35.3 Å². The molecule has 3 N–H and O–H groups in total. The van der Waals surface area contributed by atoms with Crippen molar-refractivity contribution in [3.8, 4) is 0 Å². The number of carbonyl (C=O) groups is 3. The number of pyridine rings is 2. The summed E-state index contributed by atoms with van der Waals surface area (Å²) < 4.78 is 44.0. The average Bonchev–Trinajstić information content (AvgIpc) is 3.54. The van der Waals surface area contributed by atoms with Crippen LogP contribution in [0.25, 0.3) is 0 Å². The second kappa shape index (κ2) is 10.1. The Morgan fingerprint density at radius 1 is 1.16 bits per heavy atom. The number of nitrogens with one attached hydrogen (secondary N) is 3. The van der Waals surface area contributed by atoms with Gasteiger partial charge in [0, 0.05) is 31.5 Å². The molecule has 5 rings (SSSR count). The first kappa shape index (κ1) is 25.7. The topological polar surface area (TPSA) is 129 Å². The van der Waals surface area contributed by atoms with Gasteiger partial charge in [0.15, 0.2) is 5.82 Å². The van der Waals surface area contributed by atoms with Crippen molar-refractivity contribution in [2.24, 2.45) is 0 Å². The van der Waals surface area contributed by atoms with Gasteiger partial charge in [0.25, 0.3) is 11.8 Å². The molecule has 0 spiro atoms. The van der Waals surface area contributed by atoms with Crippen molar-refractivity contribution in [3.05, 3.63) is 41.7 Å². The molecule has 2 aromatic rings. The number of carbonyl (C=O) groups excluding carboxylic acids is 3. The third-order valence-electron chi connectivity index (χ3n) is 6.76. The van der Waals surface area contributed by atoms with Gasteiger partial charge in [-0.15, -0.1) is 0 Å². The van der Waals surface area contributed by atoms with Crippen LogP contribution in [0.15, 0.2) is 30.5 Å². The highest BCUT2D eigenvalue weighted by atomic mass is 19.4. The van der Waals surface area contributed by atoms with Crippen LogP contribution in [0.1, 0.15) is 40.6 Å². The van der Waals surface area contributed by atoms with Crippen molar-refractivity contribution >= 4 is 35.2 Å². The van der Waals surface area contributed by atoms with Gasteiger partial charge in [-0.25, -0.2) is 14.8 Å². The summed E-state index contributed by atoms with van der Waals surface area (Å²) in [5.41, 5.74) is 0.658. The maximum Gasteiger partial charge on any atom is 0.408 e. The lowest BCUT2D eigenvalue weighted by Gasteiger charge is -2.35. The molecule has 3 aliphatic heterocycles. The van der Waals surface area contributed by atoms with E-state index in [0.29, 0.717) is 44.0 Å². The number of alkyl halides is 3. The van der Waals surface area contributed by atoms with Crippen LogP contribution >= 0.6 is 0 Å². The average molecular weight is 534 g/mol. The third kappa shape index (κ3) is 5.21. The molecule has 11 nitrogen and oxygen atoms in total. The molecular weight excluding hydrogens is 507 g/mol. The van der Waals surface area contributed by atoms with E-state index in [4.69, 9.17) is 4.74 Å². The highest BCUT2D eigenvalue weighted by molar-refractivity contribution is 6.05. The first-order valence-corrected chi connectivity index (χ1v) is 12.2. The van der Waals surface area contributed by atoms with Crippen molar-refractivity contribution in [3.63, 3.8) is 0 Å². The molecule has 4 amide bonds. The normalized spacial score (nSPS) is 21.1. The number of halogens is 3. The minimum absolute atomic E-state index is 0.0829. The first-order chi connectivity index (χ1) is 18.1. The van der Waals surface area contributed by atoms with Gasteiger partial charge < -0.3 is 20.3 Å². The lowest BCUT2D eigenvalue weighted by molar-refractivity contribution is -0.149. The number of aromatic nitrogens is 2. The lowest BCUT2D eigenvalue weighted by atomic mass is 10.1. The van der Waals surface area contributed by atoms with Gasteiger partial charge >= 0.3 is 12.2 Å². The van der Waals surface area contributed by atoms with E-state index in [0.717, 1.165) is 13.3 Å². The summed E-state index contributed by atoms with van der Waals surface area (Å²) in [6.45, 7) is 3.05. The highest BCUT2D eigenvalue weighted by Crippen LogP contribution is 2.39. The summed E-state index contributed by atoms with van der Waals surface area (Å²) in [4.78, 5) is 50.4. The smallest absolute Gasteiger partial charge is 0.379 e. The van der Waals surface area contributed by atoms with Gasteiger partial charge in [0.2, 0.25) is 0 Å². The van der Waals surface area contributed by atoms with Gasteiger partial charge in [-0.1, -0.05) is 0 Å². The van der Waals surface area contributed by atoms with Crippen molar-refractivity contribution < 1.29 is 32.3 Å². The molecule has 0 saturated carbocycles. The number of hydrogen-bond acceptors (Lipinski definition) is 7. The summed E-state index contributed by atoms with van der Waals surface area (Å²) in [6, 6.07) is 2.89. The molecule has 2 bridgehead atoms.